The Morgan fingerprint density at radius 3 is 2.79 bits per heavy atom. The number of hydrogen-bond acceptors (Lipinski definition) is 4. The number of fused-ring (bicyclic) bond motifs is 1. The maximum absolute atomic E-state index is 11.0. The summed E-state index contributed by atoms with van der Waals surface area (Å²) in [6.45, 7) is 0. The molecule has 0 unspecified atom stereocenters. The van der Waals surface area contributed by atoms with E-state index in [1.807, 2.05) is 7.05 Å². The number of imidazole rings is 1. The molecule has 3 aromatic heterocycles. The van der Waals surface area contributed by atoms with Crippen LogP contribution in [-0.4, -0.2) is 35.2 Å². The number of aryl methyl sites for hydroxylation is 1. The van der Waals surface area contributed by atoms with Crippen molar-refractivity contribution in [3.63, 3.8) is 0 Å². The second-order valence-corrected chi connectivity index (χ2v) is 4.43. The molecule has 96 valence electrons. The summed E-state index contributed by atoms with van der Waals surface area (Å²) in [7, 11) is 1.83. The van der Waals surface area contributed by atoms with E-state index in [2.05, 4.69) is 15.2 Å². The molecule has 0 amide bonds. The first kappa shape index (κ1) is 11.7. The number of aromatic nitrogens is 5. The largest absolute Gasteiger partial charge is 0.478 e. The van der Waals surface area contributed by atoms with Gasteiger partial charge in [0.15, 0.2) is 11.5 Å². The molecule has 0 radical (unpaired) electrons. The number of pyridine rings is 1. The normalized spacial score (nSPS) is 11.1. The van der Waals surface area contributed by atoms with Gasteiger partial charge in [-0.15, -0.1) is 10.2 Å². The van der Waals surface area contributed by atoms with Crippen molar-refractivity contribution in [2.24, 2.45) is 7.05 Å². The van der Waals surface area contributed by atoms with Gasteiger partial charge in [0.25, 0.3) is 0 Å². The van der Waals surface area contributed by atoms with Crippen LogP contribution in [0.4, 0.5) is 0 Å². The molecule has 0 atom stereocenters. The standard InChI is InChI=1S/C11H8ClN5O2/c1-16-4-8(13-5-16)10-15-14-9-7(12)2-6(11(18)19)3-17(9)10/h2-5H,1H3,(H,18,19). The van der Waals surface area contributed by atoms with E-state index in [0.717, 1.165) is 0 Å². The summed E-state index contributed by atoms with van der Waals surface area (Å²) in [5, 5.41) is 17.2. The Balaban J connectivity index is 2.29. The summed E-state index contributed by atoms with van der Waals surface area (Å²) >= 11 is 6.00. The molecule has 7 nitrogen and oxygen atoms in total. The van der Waals surface area contributed by atoms with Crippen molar-refractivity contribution < 1.29 is 9.90 Å². The van der Waals surface area contributed by atoms with Crippen LogP contribution in [0.25, 0.3) is 17.2 Å². The molecule has 0 bridgehead atoms. The highest BCUT2D eigenvalue weighted by molar-refractivity contribution is 6.33. The van der Waals surface area contributed by atoms with E-state index in [1.54, 1.807) is 17.1 Å². The molecule has 0 saturated carbocycles. The topological polar surface area (TPSA) is 85.3 Å². The summed E-state index contributed by atoms with van der Waals surface area (Å²) in [5.41, 5.74) is 1.05. The highest BCUT2D eigenvalue weighted by Crippen LogP contribution is 2.22. The van der Waals surface area contributed by atoms with E-state index in [9.17, 15) is 4.79 Å². The number of carboxylic acids is 1. The SMILES string of the molecule is Cn1cnc(-c2nnc3c(Cl)cc(C(=O)O)cn23)c1. The Bertz CT molecular complexity index is 792. The summed E-state index contributed by atoms with van der Waals surface area (Å²) < 4.78 is 3.28. The molecule has 0 fully saturated rings. The first-order valence-electron chi connectivity index (χ1n) is 5.32. The molecule has 3 heterocycles. The monoisotopic (exact) mass is 277 g/mol. The molecule has 0 saturated heterocycles. The molecule has 0 aliphatic heterocycles. The molecule has 0 aliphatic rings. The van der Waals surface area contributed by atoms with E-state index in [0.29, 0.717) is 17.2 Å². The van der Waals surface area contributed by atoms with Crippen LogP contribution in [-0.2, 0) is 7.05 Å². The fraction of sp³-hybridized carbons (Fsp3) is 0.0909. The first-order chi connectivity index (χ1) is 9.06. The molecule has 3 aromatic rings. The number of rotatable bonds is 2. The Morgan fingerprint density at radius 2 is 2.16 bits per heavy atom. The predicted molar refractivity (Wildman–Crippen MR) is 67.2 cm³/mol. The van der Waals surface area contributed by atoms with Crippen LogP contribution in [0.3, 0.4) is 0 Å². The third-order valence-electron chi connectivity index (χ3n) is 2.64. The van der Waals surface area contributed by atoms with Crippen molar-refractivity contribution in [2.75, 3.05) is 0 Å². The van der Waals surface area contributed by atoms with E-state index in [-0.39, 0.29) is 10.6 Å². The Kier molecular flexibility index (Phi) is 2.49. The van der Waals surface area contributed by atoms with Gasteiger partial charge >= 0.3 is 5.97 Å². The molecule has 19 heavy (non-hydrogen) atoms. The number of carbonyl (C=O) groups is 1. The Labute approximate surface area is 112 Å². The lowest BCUT2D eigenvalue weighted by Crippen LogP contribution is -2.00. The maximum atomic E-state index is 11.0. The molecular formula is C11H8ClN5O2. The molecule has 0 aliphatic carbocycles. The van der Waals surface area contributed by atoms with E-state index < -0.39 is 5.97 Å². The average molecular weight is 278 g/mol. The number of carboxylic acid groups (broad SMARTS) is 1. The lowest BCUT2D eigenvalue weighted by atomic mass is 10.3. The molecule has 0 spiro atoms. The van der Waals surface area contributed by atoms with Crippen LogP contribution in [0.5, 0.6) is 0 Å². The lowest BCUT2D eigenvalue weighted by molar-refractivity contribution is 0.0696. The van der Waals surface area contributed by atoms with E-state index >= 15 is 0 Å². The molecule has 3 rings (SSSR count). The van der Waals surface area contributed by atoms with Crippen molar-refractivity contribution in [3.05, 3.63) is 35.4 Å². The molecule has 8 heteroatoms. The lowest BCUT2D eigenvalue weighted by Gasteiger charge is -2.01. The zero-order chi connectivity index (χ0) is 13.6. The van der Waals surface area contributed by atoms with Gasteiger partial charge in [0.1, 0.15) is 5.69 Å². The quantitative estimate of drug-likeness (QED) is 0.767. The number of hydrogen-bond donors (Lipinski definition) is 1. The fourth-order valence-electron chi connectivity index (χ4n) is 1.77. The summed E-state index contributed by atoms with van der Waals surface area (Å²) in [6, 6.07) is 1.34. The minimum absolute atomic E-state index is 0.0643. The van der Waals surface area contributed by atoms with Gasteiger partial charge in [-0.3, -0.25) is 4.40 Å². The maximum Gasteiger partial charge on any atom is 0.337 e. The van der Waals surface area contributed by atoms with Crippen molar-refractivity contribution in [2.45, 2.75) is 0 Å². The van der Waals surface area contributed by atoms with Crippen molar-refractivity contribution >= 4 is 23.2 Å². The van der Waals surface area contributed by atoms with Crippen LogP contribution in [0.15, 0.2) is 24.8 Å². The third-order valence-corrected chi connectivity index (χ3v) is 2.92. The summed E-state index contributed by atoms with van der Waals surface area (Å²) in [5.74, 6) is -0.620. The zero-order valence-corrected chi connectivity index (χ0v) is 10.5. The molecule has 1 N–H and O–H groups in total. The second-order valence-electron chi connectivity index (χ2n) is 4.02. The average Bonchev–Trinajstić information content (AvgIpc) is 2.94. The van der Waals surface area contributed by atoms with Crippen molar-refractivity contribution in [1.82, 2.24) is 24.1 Å². The van der Waals surface area contributed by atoms with Gasteiger partial charge < -0.3 is 9.67 Å². The van der Waals surface area contributed by atoms with Gasteiger partial charge in [-0.25, -0.2) is 9.78 Å². The van der Waals surface area contributed by atoms with Crippen LogP contribution in [0, 0.1) is 0 Å². The van der Waals surface area contributed by atoms with Crippen molar-refractivity contribution in [3.8, 4) is 11.5 Å². The number of aromatic carboxylic acids is 1. The van der Waals surface area contributed by atoms with Crippen LogP contribution in [0.2, 0.25) is 5.02 Å². The second kappa shape index (κ2) is 4.06. The highest BCUT2D eigenvalue weighted by Gasteiger charge is 2.15. The fourth-order valence-corrected chi connectivity index (χ4v) is 2.02. The highest BCUT2D eigenvalue weighted by atomic mass is 35.5. The van der Waals surface area contributed by atoms with Crippen LogP contribution < -0.4 is 0 Å². The van der Waals surface area contributed by atoms with Crippen LogP contribution >= 0.6 is 11.6 Å². The Hall–Kier alpha value is -2.41. The molecular weight excluding hydrogens is 270 g/mol. The van der Waals surface area contributed by atoms with Gasteiger partial charge in [-0.1, -0.05) is 11.6 Å². The smallest absolute Gasteiger partial charge is 0.337 e. The minimum atomic E-state index is -1.07. The third kappa shape index (κ3) is 1.84. The van der Waals surface area contributed by atoms with Gasteiger partial charge in [-0.05, 0) is 6.07 Å². The first-order valence-corrected chi connectivity index (χ1v) is 5.70. The zero-order valence-electron chi connectivity index (χ0n) is 9.78. The van der Waals surface area contributed by atoms with Gasteiger partial charge in [0.05, 0.1) is 16.9 Å². The Morgan fingerprint density at radius 1 is 1.37 bits per heavy atom. The minimum Gasteiger partial charge on any atom is -0.478 e. The molecule has 0 aromatic carbocycles. The van der Waals surface area contributed by atoms with E-state index in [4.69, 9.17) is 16.7 Å². The van der Waals surface area contributed by atoms with Crippen molar-refractivity contribution in [1.29, 1.82) is 0 Å². The summed E-state index contributed by atoms with van der Waals surface area (Å²) in [4.78, 5) is 15.2. The van der Waals surface area contributed by atoms with Gasteiger partial charge in [0.2, 0.25) is 0 Å². The van der Waals surface area contributed by atoms with E-state index in [1.165, 1.54) is 16.7 Å². The number of halogens is 1. The summed E-state index contributed by atoms with van der Waals surface area (Å²) in [6.07, 6.45) is 4.81. The van der Waals surface area contributed by atoms with Gasteiger partial charge in [-0.2, -0.15) is 0 Å². The predicted octanol–water partition coefficient (Wildman–Crippen LogP) is 1.48. The number of nitrogens with zero attached hydrogens (tertiary/aromatic N) is 5. The van der Waals surface area contributed by atoms with Crippen LogP contribution in [0.1, 0.15) is 10.4 Å². The van der Waals surface area contributed by atoms with Gasteiger partial charge in [0, 0.05) is 19.4 Å².